The molecule has 0 bridgehead atoms. The first-order valence-electron chi connectivity index (χ1n) is 10.4. The number of carboxylic acid groups (broad SMARTS) is 1. The molecule has 5 nitrogen and oxygen atoms in total. The molecule has 28 heavy (non-hydrogen) atoms. The Hall–Kier alpha value is -1.69. The van der Waals surface area contributed by atoms with Crippen molar-refractivity contribution in [1.82, 2.24) is 0 Å². The zero-order valence-corrected chi connectivity index (χ0v) is 16.5. The number of carboxylic acids is 1. The first kappa shape index (κ1) is 22.6. The summed E-state index contributed by atoms with van der Waals surface area (Å²) in [4.78, 5) is 10.5. The lowest BCUT2D eigenvalue weighted by molar-refractivity contribution is -0.137. The van der Waals surface area contributed by atoms with Crippen molar-refractivity contribution in [2.45, 2.75) is 76.1 Å². The van der Waals surface area contributed by atoms with Gasteiger partial charge in [0.05, 0.1) is 18.3 Å². The first-order valence-corrected chi connectivity index (χ1v) is 10.4. The summed E-state index contributed by atoms with van der Waals surface area (Å²) in [6, 6.07) is 10.1. The van der Waals surface area contributed by atoms with Crippen LogP contribution in [0.5, 0.6) is 0 Å². The Labute approximate surface area is 167 Å². The number of hydrogen-bond donors (Lipinski definition) is 4. The van der Waals surface area contributed by atoms with Gasteiger partial charge in [-0.15, -0.1) is 0 Å². The predicted octanol–water partition coefficient (Wildman–Crippen LogP) is 3.32. The van der Waals surface area contributed by atoms with E-state index >= 15 is 0 Å². The molecule has 1 aliphatic rings. The van der Waals surface area contributed by atoms with Gasteiger partial charge in [-0.1, -0.05) is 42.5 Å². The van der Waals surface area contributed by atoms with Crippen LogP contribution in [0.1, 0.15) is 56.9 Å². The lowest BCUT2D eigenvalue weighted by atomic mass is 9.85. The maximum atomic E-state index is 10.5. The summed E-state index contributed by atoms with van der Waals surface area (Å²) < 4.78 is 0. The third-order valence-electron chi connectivity index (χ3n) is 5.80. The van der Waals surface area contributed by atoms with Gasteiger partial charge < -0.3 is 20.4 Å². The van der Waals surface area contributed by atoms with Gasteiger partial charge in [0.2, 0.25) is 0 Å². The van der Waals surface area contributed by atoms with E-state index in [0.29, 0.717) is 44.9 Å². The number of carbonyl (C=O) groups is 1. The van der Waals surface area contributed by atoms with Gasteiger partial charge in [-0.25, -0.2) is 0 Å². The van der Waals surface area contributed by atoms with E-state index in [0.717, 1.165) is 6.42 Å². The van der Waals surface area contributed by atoms with E-state index in [1.807, 2.05) is 30.4 Å². The number of benzene rings is 1. The standard InChI is InChI=1S/C23H34O5/c24-18(13-12-17-8-4-3-5-9-17)14-15-20-19(21(25)16-22(20)26)10-6-1-2-7-11-23(27)28/h1,3-6,8-9,18-22,24-26H,2,7,10-16H2,(H,27,28)/b6-1+/t18-,19+,20+,21-,22+/m1/s1. The minimum Gasteiger partial charge on any atom is -0.481 e. The summed E-state index contributed by atoms with van der Waals surface area (Å²) in [6.07, 6.45) is 7.91. The van der Waals surface area contributed by atoms with Gasteiger partial charge in [0.25, 0.3) is 0 Å². The quantitative estimate of drug-likeness (QED) is 0.324. The Balaban J connectivity index is 1.74. The van der Waals surface area contributed by atoms with Gasteiger partial charge in [0.15, 0.2) is 0 Å². The lowest BCUT2D eigenvalue weighted by Gasteiger charge is -2.23. The fourth-order valence-electron chi connectivity index (χ4n) is 4.16. The molecule has 0 amide bonds. The van der Waals surface area contributed by atoms with Gasteiger partial charge in [-0.05, 0) is 68.8 Å². The van der Waals surface area contributed by atoms with E-state index in [4.69, 9.17) is 5.11 Å². The molecule has 1 saturated carbocycles. The highest BCUT2D eigenvalue weighted by atomic mass is 16.4. The van der Waals surface area contributed by atoms with Gasteiger partial charge in [0.1, 0.15) is 0 Å². The van der Waals surface area contributed by atoms with Crippen LogP contribution in [-0.4, -0.2) is 44.7 Å². The molecule has 0 saturated heterocycles. The molecule has 5 atom stereocenters. The minimum absolute atomic E-state index is 0.00736. The van der Waals surface area contributed by atoms with Crippen LogP contribution in [0, 0.1) is 11.8 Å². The van der Waals surface area contributed by atoms with Crippen LogP contribution < -0.4 is 0 Å². The summed E-state index contributed by atoms with van der Waals surface area (Å²) in [7, 11) is 0. The zero-order valence-electron chi connectivity index (χ0n) is 16.5. The molecule has 4 N–H and O–H groups in total. The maximum absolute atomic E-state index is 10.5. The Morgan fingerprint density at radius 2 is 1.79 bits per heavy atom. The molecular weight excluding hydrogens is 356 g/mol. The number of aliphatic hydroxyl groups is 3. The smallest absolute Gasteiger partial charge is 0.303 e. The first-order chi connectivity index (χ1) is 13.5. The van der Waals surface area contributed by atoms with Gasteiger partial charge >= 0.3 is 5.97 Å². The lowest BCUT2D eigenvalue weighted by Crippen LogP contribution is -2.23. The van der Waals surface area contributed by atoms with Crippen LogP contribution in [0.15, 0.2) is 42.5 Å². The monoisotopic (exact) mass is 390 g/mol. The van der Waals surface area contributed by atoms with Crippen LogP contribution in [0.3, 0.4) is 0 Å². The van der Waals surface area contributed by atoms with E-state index in [2.05, 4.69) is 12.1 Å². The van der Waals surface area contributed by atoms with E-state index in [9.17, 15) is 20.1 Å². The molecule has 5 heteroatoms. The van der Waals surface area contributed by atoms with Gasteiger partial charge in [0, 0.05) is 6.42 Å². The normalized spacial score (nSPS) is 26.0. The Bertz CT molecular complexity index is 600. The van der Waals surface area contributed by atoms with E-state index < -0.39 is 24.3 Å². The van der Waals surface area contributed by atoms with Crippen LogP contribution in [0.2, 0.25) is 0 Å². The number of aryl methyl sites for hydroxylation is 1. The number of allylic oxidation sites excluding steroid dienone is 2. The topological polar surface area (TPSA) is 98.0 Å². The number of unbranched alkanes of at least 4 members (excludes halogenated alkanes) is 1. The van der Waals surface area contributed by atoms with Crippen molar-refractivity contribution < 1.29 is 25.2 Å². The van der Waals surface area contributed by atoms with E-state index in [-0.39, 0.29) is 18.3 Å². The Morgan fingerprint density at radius 3 is 2.50 bits per heavy atom. The number of hydrogen-bond acceptors (Lipinski definition) is 4. The maximum Gasteiger partial charge on any atom is 0.303 e. The number of aliphatic hydroxyl groups excluding tert-OH is 3. The summed E-state index contributed by atoms with van der Waals surface area (Å²) in [5, 5.41) is 39.6. The van der Waals surface area contributed by atoms with Gasteiger partial charge in [-0.3, -0.25) is 4.79 Å². The third-order valence-corrected chi connectivity index (χ3v) is 5.80. The summed E-state index contributed by atoms with van der Waals surface area (Å²) in [5.74, 6) is -0.800. The molecule has 2 rings (SSSR count). The molecule has 0 radical (unpaired) electrons. The molecule has 1 fully saturated rings. The predicted molar refractivity (Wildman–Crippen MR) is 109 cm³/mol. The van der Waals surface area contributed by atoms with Crippen molar-refractivity contribution in [3.63, 3.8) is 0 Å². The second-order valence-corrected chi connectivity index (χ2v) is 7.95. The molecule has 0 spiro atoms. The highest BCUT2D eigenvalue weighted by Gasteiger charge is 2.40. The molecule has 1 aromatic carbocycles. The van der Waals surface area contributed by atoms with Crippen molar-refractivity contribution in [3.05, 3.63) is 48.0 Å². The Kier molecular flexibility index (Phi) is 9.68. The van der Waals surface area contributed by atoms with Crippen molar-refractivity contribution in [2.75, 3.05) is 0 Å². The third kappa shape index (κ3) is 7.74. The number of rotatable bonds is 12. The van der Waals surface area contributed by atoms with Crippen LogP contribution in [-0.2, 0) is 11.2 Å². The summed E-state index contributed by atoms with van der Waals surface area (Å²) >= 11 is 0. The van der Waals surface area contributed by atoms with Crippen LogP contribution in [0.4, 0.5) is 0 Å². The second-order valence-electron chi connectivity index (χ2n) is 7.95. The van der Waals surface area contributed by atoms with E-state index in [1.165, 1.54) is 5.56 Å². The van der Waals surface area contributed by atoms with Gasteiger partial charge in [-0.2, -0.15) is 0 Å². The molecule has 1 aromatic rings. The highest BCUT2D eigenvalue weighted by Crippen LogP contribution is 2.38. The fourth-order valence-corrected chi connectivity index (χ4v) is 4.16. The average molecular weight is 391 g/mol. The summed E-state index contributed by atoms with van der Waals surface area (Å²) in [5.41, 5.74) is 1.21. The highest BCUT2D eigenvalue weighted by molar-refractivity contribution is 5.66. The van der Waals surface area contributed by atoms with Crippen molar-refractivity contribution >= 4 is 5.97 Å². The molecule has 0 heterocycles. The minimum atomic E-state index is -0.784. The fraction of sp³-hybridized carbons (Fsp3) is 0.609. The van der Waals surface area contributed by atoms with Crippen molar-refractivity contribution in [3.8, 4) is 0 Å². The molecule has 1 aliphatic carbocycles. The largest absolute Gasteiger partial charge is 0.481 e. The molecular formula is C23H34O5. The average Bonchev–Trinajstić information content (AvgIpc) is 2.94. The zero-order chi connectivity index (χ0) is 20.4. The molecule has 0 aliphatic heterocycles. The van der Waals surface area contributed by atoms with Crippen LogP contribution in [0.25, 0.3) is 0 Å². The molecule has 156 valence electrons. The van der Waals surface area contributed by atoms with Crippen molar-refractivity contribution in [2.24, 2.45) is 11.8 Å². The number of aliphatic carboxylic acids is 1. The summed E-state index contributed by atoms with van der Waals surface area (Å²) in [6.45, 7) is 0. The molecule has 0 unspecified atom stereocenters. The molecule has 0 aromatic heterocycles. The van der Waals surface area contributed by atoms with Crippen molar-refractivity contribution in [1.29, 1.82) is 0 Å². The SMILES string of the molecule is O=C(O)CCC/C=C/C[C@H]1[C@H](CC[C@H](O)CCc2ccccc2)[C@@H](O)C[C@H]1O. The van der Waals surface area contributed by atoms with Crippen LogP contribution >= 0.6 is 0 Å². The Morgan fingerprint density at radius 1 is 1.07 bits per heavy atom. The second kappa shape index (κ2) is 12.0. The van der Waals surface area contributed by atoms with E-state index in [1.54, 1.807) is 0 Å².